The van der Waals surface area contributed by atoms with E-state index in [0.717, 1.165) is 41.4 Å². The summed E-state index contributed by atoms with van der Waals surface area (Å²) in [7, 11) is 0. The maximum Gasteiger partial charge on any atom is 0.156 e. The molecule has 0 saturated heterocycles. The van der Waals surface area contributed by atoms with Gasteiger partial charge in [0, 0.05) is 19.3 Å². The molecule has 0 unspecified atom stereocenters. The van der Waals surface area contributed by atoms with Crippen LogP contribution in [0.1, 0.15) is 12.1 Å². The number of anilines is 1. The molecule has 7 heteroatoms. The maximum atomic E-state index is 4.27. The van der Waals surface area contributed by atoms with Gasteiger partial charge in [-0.2, -0.15) is 0 Å². The van der Waals surface area contributed by atoms with Crippen LogP contribution < -0.4 is 5.32 Å². The fourth-order valence-electron chi connectivity index (χ4n) is 1.89. The van der Waals surface area contributed by atoms with Gasteiger partial charge in [0.25, 0.3) is 0 Å². The summed E-state index contributed by atoms with van der Waals surface area (Å²) in [5.74, 6) is 0.813. The van der Waals surface area contributed by atoms with Crippen molar-refractivity contribution in [3.8, 4) is 0 Å². The number of fused-ring (bicyclic) bond motifs is 1. The molecule has 0 aliphatic rings. The van der Waals surface area contributed by atoms with Crippen LogP contribution in [-0.2, 0) is 6.54 Å². The highest BCUT2D eigenvalue weighted by Gasteiger charge is 2.05. The van der Waals surface area contributed by atoms with E-state index in [1.165, 1.54) is 11.3 Å². The molecule has 0 radical (unpaired) electrons. The summed E-state index contributed by atoms with van der Waals surface area (Å²) in [6.45, 7) is 3.79. The highest BCUT2D eigenvalue weighted by Crippen LogP contribution is 2.20. The average Bonchev–Trinajstić information content (AvgIpc) is 3.03. The zero-order valence-electron chi connectivity index (χ0n) is 10.6. The van der Waals surface area contributed by atoms with Gasteiger partial charge in [-0.3, -0.25) is 0 Å². The standard InChI is InChI=1S/C12H14N6S/c1-9-5-18(7-16-9)4-2-3-13-11-10-12(15-6-14-11)19-8-17-10/h5-8H,2-4H2,1H3,(H,13,14,15). The molecule has 0 fully saturated rings. The van der Waals surface area contributed by atoms with Crippen molar-refractivity contribution in [2.24, 2.45) is 0 Å². The number of rotatable bonds is 5. The molecular formula is C12H14N6S. The molecule has 3 aromatic heterocycles. The van der Waals surface area contributed by atoms with Crippen molar-refractivity contribution < 1.29 is 0 Å². The van der Waals surface area contributed by atoms with Crippen molar-refractivity contribution in [1.29, 1.82) is 0 Å². The van der Waals surface area contributed by atoms with Gasteiger partial charge in [0.2, 0.25) is 0 Å². The van der Waals surface area contributed by atoms with E-state index < -0.39 is 0 Å². The Bertz CT molecular complexity index is 673. The topological polar surface area (TPSA) is 68.5 Å². The molecule has 0 amide bonds. The molecule has 19 heavy (non-hydrogen) atoms. The van der Waals surface area contributed by atoms with E-state index in [9.17, 15) is 0 Å². The lowest BCUT2D eigenvalue weighted by molar-refractivity contribution is 0.660. The largest absolute Gasteiger partial charge is 0.368 e. The third-order valence-electron chi connectivity index (χ3n) is 2.78. The van der Waals surface area contributed by atoms with Gasteiger partial charge in [0.15, 0.2) is 5.82 Å². The summed E-state index contributed by atoms with van der Waals surface area (Å²) in [6.07, 6.45) is 6.48. The van der Waals surface area contributed by atoms with Gasteiger partial charge in [-0.1, -0.05) is 0 Å². The number of aryl methyl sites for hydroxylation is 2. The highest BCUT2D eigenvalue weighted by molar-refractivity contribution is 7.16. The van der Waals surface area contributed by atoms with E-state index in [4.69, 9.17) is 0 Å². The molecule has 0 bridgehead atoms. The molecule has 3 aromatic rings. The Morgan fingerprint density at radius 3 is 3.05 bits per heavy atom. The highest BCUT2D eigenvalue weighted by atomic mass is 32.1. The summed E-state index contributed by atoms with van der Waals surface area (Å²) in [5, 5.41) is 3.31. The van der Waals surface area contributed by atoms with Crippen LogP contribution in [0.2, 0.25) is 0 Å². The minimum absolute atomic E-state index is 0.813. The second-order valence-corrected chi connectivity index (χ2v) is 5.09. The van der Waals surface area contributed by atoms with E-state index >= 15 is 0 Å². The van der Waals surface area contributed by atoms with Gasteiger partial charge in [-0.15, -0.1) is 11.3 Å². The minimum atomic E-state index is 0.813. The zero-order valence-corrected chi connectivity index (χ0v) is 11.4. The molecule has 0 atom stereocenters. The molecular weight excluding hydrogens is 260 g/mol. The third kappa shape index (κ3) is 2.70. The normalized spacial score (nSPS) is 11.0. The van der Waals surface area contributed by atoms with Gasteiger partial charge in [0.1, 0.15) is 16.7 Å². The fourth-order valence-corrected chi connectivity index (χ4v) is 2.51. The molecule has 98 valence electrons. The molecule has 3 heterocycles. The van der Waals surface area contributed by atoms with Gasteiger partial charge < -0.3 is 9.88 Å². The third-order valence-corrected chi connectivity index (χ3v) is 3.52. The molecule has 0 aliphatic carbocycles. The van der Waals surface area contributed by atoms with Crippen LogP contribution in [0, 0.1) is 6.92 Å². The van der Waals surface area contributed by atoms with Crippen LogP contribution in [0.25, 0.3) is 10.3 Å². The molecule has 6 nitrogen and oxygen atoms in total. The molecule has 0 saturated carbocycles. The minimum Gasteiger partial charge on any atom is -0.368 e. The SMILES string of the molecule is Cc1cn(CCCNc2ncnc3scnc23)cn1. The molecule has 0 aromatic carbocycles. The number of thiazole rings is 1. The fraction of sp³-hybridized carbons (Fsp3) is 0.333. The van der Waals surface area contributed by atoms with Crippen LogP contribution in [0.15, 0.2) is 24.4 Å². The van der Waals surface area contributed by atoms with Crippen molar-refractivity contribution in [3.05, 3.63) is 30.1 Å². The van der Waals surface area contributed by atoms with Crippen molar-refractivity contribution in [1.82, 2.24) is 24.5 Å². The predicted molar refractivity (Wildman–Crippen MR) is 75.3 cm³/mol. The molecule has 0 aliphatic heterocycles. The summed E-state index contributed by atoms with van der Waals surface area (Å²) in [5.41, 5.74) is 3.69. The Balaban J connectivity index is 1.56. The van der Waals surface area contributed by atoms with E-state index in [1.54, 1.807) is 11.8 Å². The number of aromatic nitrogens is 5. The number of hydrogen-bond donors (Lipinski definition) is 1. The quantitative estimate of drug-likeness (QED) is 0.721. The van der Waals surface area contributed by atoms with Crippen LogP contribution in [0.3, 0.4) is 0 Å². The Kier molecular flexibility index (Phi) is 3.37. The van der Waals surface area contributed by atoms with Gasteiger partial charge in [0.05, 0.1) is 17.5 Å². The summed E-state index contributed by atoms with van der Waals surface area (Å²) < 4.78 is 2.09. The van der Waals surface area contributed by atoms with Crippen LogP contribution in [0.4, 0.5) is 5.82 Å². The molecule has 0 spiro atoms. The first-order valence-corrected chi connectivity index (χ1v) is 6.97. The predicted octanol–water partition coefficient (Wildman–Crippen LogP) is 2.09. The monoisotopic (exact) mass is 274 g/mol. The first-order chi connectivity index (χ1) is 9.33. The lowest BCUT2D eigenvalue weighted by Gasteiger charge is -2.06. The summed E-state index contributed by atoms with van der Waals surface area (Å²) >= 11 is 1.53. The van der Waals surface area contributed by atoms with E-state index in [1.807, 2.05) is 19.4 Å². The Hall–Kier alpha value is -2.02. The van der Waals surface area contributed by atoms with Crippen molar-refractivity contribution in [2.75, 3.05) is 11.9 Å². The van der Waals surface area contributed by atoms with Crippen LogP contribution in [0.5, 0.6) is 0 Å². The van der Waals surface area contributed by atoms with Crippen LogP contribution in [-0.4, -0.2) is 31.0 Å². The first-order valence-electron chi connectivity index (χ1n) is 6.09. The van der Waals surface area contributed by atoms with E-state index in [0.29, 0.717) is 0 Å². The van der Waals surface area contributed by atoms with Crippen molar-refractivity contribution in [3.63, 3.8) is 0 Å². The average molecular weight is 274 g/mol. The Labute approximate surface area is 114 Å². The number of nitrogens with zero attached hydrogens (tertiary/aromatic N) is 5. The Morgan fingerprint density at radius 2 is 2.21 bits per heavy atom. The number of imidazole rings is 1. The van der Waals surface area contributed by atoms with Gasteiger partial charge in [-0.25, -0.2) is 19.9 Å². The van der Waals surface area contributed by atoms with E-state index in [-0.39, 0.29) is 0 Å². The van der Waals surface area contributed by atoms with Gasteiger partial charge >= 0.3 is 0 Å². The van der Waals surface area contributed by atoms with Gasteiger partial charge in [-0.05, 0) is 13.3 Å². The lowest BCUT2D eigenvalue weighted by atomic mass is 10.4. The number of nitrogens with one attached hydrogen (secondary N) is 1. The first kappa shape index (κ1) is 12.0. The Morgan fingerprint density at radius 1 is 1.26 bits per heavy atom. The zero-order chi connectivity index (χ0) is 13.1. The second-order valence-electron chi connectivity index (χ2n) is 4.26. The van der Waals surface area contributed by atoms with Crippen molar-refractivity contribution >= 4 is 27.5 Å². The lowest BCUT2D eigenvalue weighted by Crippen LogP contribution is -2.07. The molecule has 1 N–H and O–H groups in total. The van der Waals surface area contributed by atoms with E-state index in [2.05, 4.69) is 29.8 Å². The molecule has 3 rings (SSSR count). The summed E-state index contributed by atoms with van der Waals surface area (Å²) in [4.78, 5) is 17.8. The summed E-state index contributed by atoms with van der Waals surface area (Å²) in [6, 6.07) is 0. The smallest absolute Gasteiger partial charge is 0.156 e. The second kappa shape index (κ2) is 5.31. The van der Waals surface area contributed by atoms with Crippen LogP contribution >= 0.6 is 11.3 Å². The van der Waals surface area contributed by atoms with Crippen molar-refractivity contribution in [2.45, 2.75) is 19.9 Å². The number of hydrogen-bond acceptors (Lipinski definition) is 6. The maximum absolute atomic E-state index is 4.27.